The zero-order valence-electron chi connectivity index (χ0n) is 65.0. The van der Waals surface area contributed by atoms with Crippen LogP contribution in [0.25, 0.3) is 0 Å². The molecule has 0 spiro atoms. The molecule has 0 bridgehead atoms. The van der Waals surface area contributed by atoms with Gasteiger partial charge in [0, 0.05) is 25.7 Å². The number of hydrogen-bond donors (Lipinski definition) is 3. The fourth-order valence-corrected chi connectivity index (χ4v) is 13.6. The normalized spacial score (nSPS) is 14.1. The number of hydrogen-bond acceptors (Lipinski definition) is 15. The van der Waals surface area contributed by atoms with Gasteiger partial charge in [-0.05, 0) is 63.2 Å². The average molecular weight is 1460 g/mol. The van der Waals surface area contributed by atoms with E-state index in [1.807, 2.05) is 0 Å². The van der Waals surface area contributed by atoms with Crippen molar-refractivity contribution in [1.29, 1.82) is 0 Å². The van der Waals surface area contributed by atoms with E-state index in [0.717, 1.165) is 115 Å². The zero-order chi connectivity index (χ0) is 73.5. The second-order valence-corrected chi connectivity index (χ2v) is 32.3. The number of phosphoric acid groups is 2. The molecule has 0 aliphatic heterocycles. The van der Waals surface area contributed by atoms with Gasteiger partial charge in [-0.1, -0.05) is 348 Å². The van der Waals surface area contributed by atoms with Crippen LogP contribution in [0.3, 0.4) is 0 Å². The van der Waals surface area contributed by atoms with Crippen molar-refractivity contribution in [1.82, 2.24) is 0 Å². The van der Waals surface area contributed by atoms with Gasteiger partial charge in [0.25, 0.3) is 0 Å². The van der Waals surface area contributed by atoms with Gasteiger partial charge in [-0.25, -0.2) is 9.13 Å². The van der Waals surface area contributed by atoms with E-state index in [2.05, 4.69) is 65.8 Å². The zero-order valence-corrected chi connectivity index (χ0v) is 66.8. The molecule has 0 rings (SSSR count). The van der Waals surface area contributed by atoms with E-state index in [0.29, 0.717) is 31.6 Å². The van der Waals surface area contributed by atoms with Crippen molar-refractivity contribution < 1.29 is 80.2 Å². The van der Waals surface area contributed by atoms with Gasteiger partial charge >= 0.3 is 39.5 Å². The minimum absolute atomic E-state index is 0.0841. The Labute approximate surface area is 612 Å². The van der Waals surface area contributed by atoms with Crippen molar-refractivity contribution in [2.45, 2.75) is 419 Å². The lowest BCUT2D eigenvalue weighted by atomic mass is 10.0. The third-order valence-corrected chi connectivity index (χ3v) is 20.2. The molecule has 0 aromatic rings. The fraction of sp³-hybridized carbons (Fsp3) is 0.901. The van der Waals surface area contributed by atoms with Gasteiger partial charge in [-0.15, -0.1) is 0 Å². The molecule has 0 heterocycles. The summed E-state index contributed by atoms with van der Waals surface area (Å²) in [5.74, 6) is -0.658. The Bertz CT molecular complexity index is 2020. The third-order valence-electron chi connectivity index (χ3n) is 18.3. The second-order valence-electron chi connectivity index (χ2n) is 29.4. The molecular weight excluding hydrogens is 1310 g/mol. The maximum Gasteiger partial charge on any atom is 0.472 e. The Morgan fingerprint density at radius 3 is 0.820 bits per heavy atom. The fourth-order valence-electron chi connectivity index (χ4n) is 12.0. The first-order valence-electron chi connectivity index (χ1n) is 41.3. The summed E-state index contributed by atoms with van der Waals surface area (Å²) in [5.41, 5.74) is 0. The van der Waals surface area contributed by atoms with Crippen LogP contribution in [0.4, 0.5) is 0 Å². The molecule has 19 heteroatoms. The maximum atomic E-state index is 13.1. The molecule has 17 nitrogen and oxygen atoms in total. The van der Waals surface area contributed by atoms with Crippen LogP contribution in [-0.2, 0) is 65.4 Å². The average Bonchev–Trinajstić information content (AvgIpc) is 0.921. The molecule has 590 valence electrons. The van der Waals surface area contributed by atoms with Crippen LogP contribution in [0.1, 0.15) is 401 Å². The summed E-state index contributed by atoms with van der Waals surface area (Å²) in [4.78, 5) is 72.9. The van der Waals surface area contributed by atoms with Crippen molar-refractivity contribution in [3.63, 3.8) is 0 Å². The van der Waals surface area contributed by atoms with Gasteiger partial charge in [0.15, 0.2) is 12.2 Å². The van der Waals surface area contributed by atoms with E-state index < -0.39 is 97.5 Å². The second kappa shape index (κ2) is 72.1. The molecule has 0 aliphatic rings. The quantitative estimate of drug-likeness (QED) is 0.0169. The number of allylic oxidation sites excluding steroid dienone is 4. The molecule has 3 N–H and O–H groups in total. The third kappa shape index (κ3) is 73.8. The standard InChI is InChI=1S/C81H154O17P2/c1-7-9-11-13-15-17-19-21-23-24-29-32-36-40-44-51-57-63-78(83)91-69-76(97-80(85)65-60-54-46-42-38-34-30-26-25-28-31-35-39-43-49-55-61-73(3)4)71-95-99(87,88)93-67-75(82)68-94-100(89,90)96-72-77(70-92-79(84)64-58-52-48-47-50-56-62-74(5)6)98-81(86)66-59-53-45-41-37-33-27-22-20-18-16-14-12-10-8-2/h18,20,22,27,73-77,82H,7-17,19,21,23-26,28-72H2,1-6H3,(H,87,88)(H,89,90)/b20-18-,27-22-/t75-,76-,77-/m1/s1. The molecule has 0 saturated heterocycles. The van der Waals surface area contributed by atoms with E-state index in [4.69, 9.17) is 37.0 Å². The number of carbonyl (C=O) groups excluding carboxylic acids is 4. The van der Waals surface area contributed by atoms with E-state index in [-0.39, 0.29) is 25.7 Å². The predicted molar refractivity (Wildman–Crippen MR) is 409 cm³/mol. The van der Waals surface area contributed by atoms with Gasteiger partial charge in [0.05, 0.1) is 26.4 Å². The van der Waals surface area contributed by atoms with Crippen LogP contribution in [0.5, 0.6) is 0 Å². The summed E-state index contributed by atoms with van der Waals surface area (Å²) in [6, 6.07) is 0. The highest BCUT2D eigenvalue weighted by Gasteiger charge is 2.30. The van der Waals surface area contributed by atoms with E-state index in [1.54, 1.807) is 0 Å². The predicted octanol–water partition coefficient (Wildman–Crippen LogP) is 23.8. The molecule has 0 radical (unpaired) electrons. The van der Waals surface area contributed by atoms with Gasteiger partial charge < -0.3 is 33.8 Å². The number of unbranched alkanes of at least 4 members (excludes halogenated alkanes) is 45. The molecule has 2 unspecified atom stereocenters. The van der Waals surface area contributed by atoms with Crippen LogP contribution < -0.4 is 0 Å². The molecule has 0 aromatic heterocycles. The van der Waals surface area contributed by atoms with E-state index in [9.17, 15) is 43.2 Å². The van der Waals surface area contributed by atoms with Crippen molar-refractivity contribution in [3.05, 3.63) is 24.3 Å². The molecule has 5 atom stereocenters. The Kier molecular flexibility index (Phi) is 70.3. The number of phosphoric ester groups is 2. The molecule has 100 heavy (non-hydrogen) atoms. The molecule has 0 amide bonds. The summed E-state index contributed by atoms with van der Waals surface area (Å²) in [7, 11) is -9.93. The monoisotopic (exact) mass is 1460 g/mol. The lowest BCUT2D eigenvalue weighted by Crippen LogP contribution is -2.30. The molecule has 0 saturated carbocycles. The first-order valence-corrected chi connectivity index (χ1v) is 44.3. The van der Waals surface area contributed by atoms with Crippen LogP contribution in [0.2, 0.25) is 0 Å². The van der Waals surface area contributed by atoms with Gasteiger partial charge in [-0.2, -0.15) is 0 Å². The highest BCUT2D eigenvalue weighted by Crippen LogP contribution is 2.45. The summed E-state index contributed by atoms with van der Waals surface area (Å²) in [5, 5.41) is 10.6. The first kappa shape index (κ1) is 97.5. The molecular formula is C81H154O17P2. The number of aliphatic hydroxyl groups excluding tert-OH is 1. The van der Waals surface area contributed by atoms with Crippen molar-refractivity contribution in [2.24, 2.45) is 11.8 Å². The number of ether oxygens (including phenoxy) is 4. The Hall–Kier alpha value is -2.46. The van der Waals surface area contributed by atoms with Crippen molar-refractivity contribution >= 4 is 39.5 Å². The number of rotatable bonds is 78. The molecule has 0 aliphatic carbocycles. The number of carbonyl (C=O) groups is 4. The van der Waals surface area contributed by atoms with Crippen LogP contribution >= 0.6 is 15.6 Å². The van der Waals surface area contributed by atoms with Gasteiger partial charge in [-0.3, -0.25) is 37.3 Å². The Morgan fingerprint density at radius 1 is 0.310 bits per heavy atom. The highest BCUT2D eigenvalue weighted by atomic mass is 31.2. The minimum atomic E-state index is -4.97. The summed E-state index contributed by atoms with van der Waals surface area (Å²) in [6.07, 6.45) is 64.8. The van der Waals surface area contributed by atoms with Crippen molar-refractivity contribution in [3.8, 4) is 0 Å². The van der Waals surface area contributed by atoms with Gasteiger partial charge in [0.1, 0.15) is 19.3 Å². The molecule has 0 aromatic carbocycles. The van der Waals surface area contributed by atoms with Gasteiger partial charge in [0.2, 0.25) is 0 Å². The summed E-state index contributed by atoms with van der Waals surface area (Å²) in [6.45, 7) is 9.51. The summed E-state index contributed by atoms with van der Waals surface area (Å²) < 4.78 is 68.6. The largest absolute Gasteiger partial charge is 0.472 e. The van der Waals surface area contributed by atoms with Crippen molar-refractivity contribution in [2.75, 3.05) is 39.6 Å². The topological polar surface area (TPSA) is 237 Å². The van der Waals surface area contributed by atoms with Crippen LogP contribution in [-0.4, -0.2) is 96.7 Å². The summed E-state index contributed by atoms with van der Waals surface area (Å²) >= 11 is 0. The van der Waals surface area contributed by atoms with E-state index >= 15 is 0 Å². The number of esters is 4. The maximum absolute atomic E-state index is 13.1. The lowest BCUT2D eigenvalue weighted by molar-refractivity contribution is -0.161. The van der Waals surface area contributed by atoms with Crippen LogP contribution in [0, 0.1) is 11.8 Å². The highest BCUT2D eigenvalue weighted by molar-refractivity contribution is 7.47. The SMILES string of the molecule is CCCCCC/C=C\C=C/CCCCCCCC(=O)O[C@H](COC(=O)CCCCCCCCC(C)C)COP(=O)(O)OC[C@H](O)COP(=O)(O)OC[C@@H](COC(=O)CCCCCCCCCCCCCCCCCCC)OC(=O)CCCCCCCCCCCCCCCCCCC(C)C. The lowest BCUT2D eigenvalue weighted by Gasteiger charge is -2.21. The number of aliphatic hydroxyl groups is 1. The van der Waals surface area contributed by atoms with Crippen LogP contribution in [0.15, 0.2) is 24.3 Å². The van der Waals surface area contributed by atoms with E-state index in [1.165, 1.54) is 199 Å². The minimum Gasteiger partial charge on any atom is -0.462 e. The Balaban J connectivity index is 5.26. The smallest absolute Gasteiger partial charge is 0.462 e. The Morgan fingerprint density at radius 2 is 0.540 bits per heavy atom. The molecule has 0 fully saturated rings. The first-order chi connectivity index (χ1) is 48.4.